The molecular formula is C10H19BN2O2S. The van der Waals surface area contributed by atoms with E-state index in [4.69, 9.17) is 17.0 Å². The zero-order valence-electron chi connectivity index (χ0n) is 10.4. The van der Waals surface area contributed by atoms with Gasteiger partial charge in [-0.3, -0.25) is 4.79 Å². The molecule has 1 rings (SSSR count). The molecule has 16 heavy (non-hydrogen) atoms. The van der Waals surface area contributed by atoms with Gasteiger partial charge in [-0.15, -0.1) is 0 Å². The van der Waals surface area contributed by atoms with E-state index < -0.39 is 0 Å². The fraction of sp³-hybridized carbons (Fsp3) is 0.800. The lowest BCUT2D eigenvalue weighted by atomic mass is 9.95. The summed E-state index contributed by atoms with van der Waals surface area (Å²) >= 11 is 5.19. The number of amides is 1. The highest BCUT2D eigenvalue weighted by molar-refractivity contribution is 7.80. The van der Waals surface area contributed by atoms with Crippen molar-refractivity contribution in [3.63, 3.8) is 0 Å². The molecule has 6 heteroatoms. The second-order valence-electron chi connectivity index (χ2n) is 4.70. The highest BCUT2D eigenvalue weighted by atomic mass is 32.1. The van der Waals surface area contributed by atoms with Crippen molar-refractivity contribution in [1.82, 2.24) is 9.71 Å². The second-order valence-corrected chi connectivity index (χ2v) is 5.07. The Morgan fingerprint density at radius 2 is 2.25 bits per heavy atom. The average molecular weight is 242 g/mol. The molecule has 1 atom stereocenters. The topological polar surface area (TPSA) is 32.8 Å². The summed E-state index contributed by atoms with van der Waals surface area (Å²) in [6, 6.07) is 0. The van der Waals surface area contributed by atoms with E-state index in [0.29, 0.717) is 24.4 Å². The molecule has 0 N–H and O–H groups in total. The van der Waals surface area contributed by atoms with Crippen LogP contribution in [0.15, 0.2) is 0 Å². The van der Waals surface area contributed by atoms with Crippen LogP contribution in [0.3, 0.4) is 0 Å². The number of hydrogen-bond donors (Lipinski definition) is 0. The largest absolute Gasteiger partial charge is 0.360 e. The molecule has 1 fully saturated rings. The van der Waals surface area contributed by atoms with Gasteiger partial charge in [0.15, 0.2) is 5.11 Å². The molecule has 0 aromatic rings. The van der Waals surface area contributed by atoms with Crippen LogP contribution in [0.4, 0.5) is 0 Å². The minimum Gasteiger partial charge on any atom is -0.360 e. The Labute approximate surface area is 103 Å². The van der Waals surface area contributed by atoms with Crippen LogP contribution in [0.1, 0.15) is 20.3 Å². The number of carbonyl (C=O) groups is 1. The van der Waals surface area contributed by atoms with E-state index in [2.05, 4.69) is 13.8 Å². The molecule has 1 unspecified atom stereocenters. The van der Waals surface area contributed by atoms with Crippen LogP contribution in [-0.2, 0) is 9.53 Å². The summed E-state index contributed by atoms with van der Waals surface area (Å²) in [5.74, 6) is 0.471. The van der Waals surface area contributed by atoms with Gasteiger partial charge >= 0.3 is 0 Å². The number of rotatable bonds is 2. The Morgan fingerprint density at radius 3 is 2.81 bits per heavy atom. The molecule has 90 valence electrons. The van der Waals surface area contributed by atoms with E-state index in [0.717, 1.165) is 6.42 Å². The summed E-state index contributed by atoms with van der Waals surface area (Å²) in [5, 5.41) is 0.526. The Balaban J connectivity index is 2.75. The van der Waals surface area contributed by atoms with Crippen molar-refractivity contribution >= 4 is 31.2 Å². The number of ether oxygens (including phenoxy) is 1. The lowest BCUT2D eigenvalue weighted by Crippen LogP contribution is -2.49. The summed E-state index contributed by atoms with van der Waals surface area (Å²) in [6.45, 7) is 5.15. The lowest BCUT2D eigenvalue weighted by molar-refractivity contribution is -0.133. The van der Waals surface area contributed by atoms with E-state index in [9.17, 15) is 4.79 Å². The summed E-state index contributed by atoms with van der Waals surface area (Å²) in [5.41, 5.74) is 0. The predicted molar refractivity (Wildman–Crippen MR) is 69.5 cm³/mol. The maximum Gasteiger partial charge on any atom is 0.230 e. The minimum absolute atomic E-state index is 0.0604. The molecular weight excluding hydrogens is 223 g/mol. The van der Waals surface area contributed by atoms with Crippen molar-refractivity contribution in [3.05, 3.63) is 0 Å². The molecule has 4 nitrogen and oxygen atoms in total. The molecule has 1 aliphatic rings. The third-order valence-electron chi connectivity index (χ3n) is 2.65. The van der Waals surface area contributed by atoms with Gasteiger partial charge in [-0.05, 0) is 24.6 Å². The first kappa shape index (κ1) is 13.4. The fourth-order valence-electron chi connectivity index (χ4n) is 1.82. The lowest BCUT2D eigenvalue weighted by Gasteiger charge is -2.33. The van der Waals surface area contributed by atoms with Gasteiger partial charge in [-0.25, -0.2) is 0 Å². The average Bonchev–Trinajstić information content (AvgIpc) is 2.23. The smallest absolute Gasteiger partial charge is 0.230 e. The molecule has 0 saturated carbocycles. The first-order chi connectivity index (χ1) is 7.43. The van der Waals surface area contributed by atoms with Gasteiger partial charge < -0.3 is 14.4 Å². The highest BCUT2D eigenvalue weighted by Gasteiger charge is 2.28. The maximum atomic E-state index is 12.1. The van der Waals surface area contributed by atoms with Crippen LogP contribution in [-0.4, -0.2) is 49.1 Å². The molecule has 0 spiro atoms. The molecule has 1 heterocycles. The van der Waals surface area contributed by atoms with Crippen LogP contribution in [0, 0.1) is 11.8 Å². The van der Waals surface area contributed by atoms with Gasteiger partial charge in [0, 0.05) is 7.05 Å². The molecule has 0 aromatic heterocycles. The number of hydrogen-bond acceptors (Lipinski definition) is 3. The number of thiocarbonyl (C=S) groups is 1. The molecule has 0 aliphatic carbocycles. The van der Waals surface area contributed by atoms with Crippen molar-refractivity contribution in [3.8, 4) is 0 Å². The zero-order chi connectivity index (χ0) is 12.3. The SMILES string of the molecule is BN1C(=O)C(CC(C)C)COCN(C)C1=S. The summed E-state index contributed by atoms with van der Waals surface area (Å²) in [6.07, 6.45) is 0.843. The maximum absolute atomic E-state index is 12.1. The Kier molecular flexibility index (Phi) is 4.74. The van der Waals surface area contributed by atoms with Crippen LogP contribution >= 0.6 is 12.2 Å². The van der Waals surface area contributed by atoms with Gasteiger partial charge in [-0.1, -0.05) is 13.8 Å². The van der Waals surface area contributed by atoms with Crippen molar-refractivity contribution in [2.45, 2.75) is 20.3 Å². The first-order valence-corrected chi connectivity index (χ1v) is 5.94. The van der Waals surface area contributed by atoms with Gasteiger partial charge in [0.05, 0.1) is 12.5 Å². The van der Waals surface area contributed by atoms with Crippen LogP contribution in [0.2, 0.25) is 0 Å². The van der Waals surface area contributed by atoms with Crippen LogP contribution in [0.5, 0.6) is 0 Å². The Hall–Kier alpha value is -0.615. The van der Waals surface area contributed by atoms with E-state index in [1.165, 1.54) is 0 Å². The number of carbonyl (C=O) groups excluding carboxylic acids is 1. The standard InChI is InChI=1S/C10H19BN2O2S/c1-7(2)4-8-5-15-6-12(3)10(16)13(11)9(8)14/h7-8H,4-6,11H2,1-3H3. The predicted octanol–water partition coefficient (Wildman–Crippen LogP) is 0.230. The molecule has 0 bridgehead atoms. The number of nitrogens with zero attached hydrogens (tertiary/aromatic N) is 2. The molecule has 1 saturated heterocycles. The van der Waals surface area contributed by atoms with Crippen molar-refractivity contribution in [1.29, 1.82) is 0 Å². The zero-order valence-corrected chi connectivity index (χ0v) is 11.2. The summed E-state index contributed by atoms with van der Waals surface area (Å²) in [7, 11) is 3.56. The second kappa shape index (κ2) is 5.64. The molecule has 1 amide bonds. The van der Waals surface area contributed by atoms with Crippen molar-refractivity contribution in [2.75, 3.05) is 20.4 Å². The normalized spacial score (nSPS) is 23.6. The third kappa shape index (κ3) is 3.19. The van der Waals surface area contributed by atoms with Crippen LogP contribution < -0.4 is 0 Å². The molecule has 0 aromatic carbocycles. The Bertz CT molecular complexity index is 286. The monoisotopic (exact) mass is 242 g/mol. The van der Waals surface area contributed by atoms with E-state index in [1.54, 1.807) is 17.7 Å². The Morgan fingerprint density at radius 1 is 1.62 bits per heavy atom. The quantitative estimate of drug-likeness (QED) is 0.512. The van der Waals surface area contributed by atoms with Gasteiger partial charge in [0.1, 0.15) is 6.73 Å². The van der Waals surface area contributed by atoms with Crippen molar-refractivity contribution < 1.29 is 9.53 Å². The van der Waals surface area contributed by atoms with E-state index >= 15 is 0 Å². The molecule has 1 aliphatic heterocycles. The molecule has 0 radical (unpaired) electrons. The van der Waals surface area contributed by atoms with Gasteiger partial charge in [0.2, 0.25) is 13.9 Å². The van der Waals surface area contributed by atoms with Gasteiger partial charge in [0.25, 0.3) is 0 Å². The van der Waals surface area contributed by atoms with E-state index in [1.807, 2.05) is 7.05 Å². The minimum atomic E-state index is -0.0725. The van der Waals surface area contributed by atoms with Gasteiger partial charge in [-0.2, -0.15) is 0 Å². The summed E-state index contributed by atoms with van der Waals surface area (Å²) < 4.78 is 5.48. The highest BCUT2D eigenvalue weighted by Crippen LogP contribution is 2.17. The van der Waals surface area contributed by atoms with Crippen molar-refractivity contribution in [2.24, 2.45) is 11.8 Å². The summed E-state index contributed by atoms with van der Waals surface area (Å²) in [4.78, 5) is 15.4. The fourth-order valence-corrected chi connectivity index (χ4v) is 1.96. The van der Waals surface area contributed by atoms with E-state index in [-0.39, 0.29) is 11.8 Å². The first-order valence-electron chi connectivity index (χ1n) is 5.54. The van der Waals surface area contributed by atoms with Crippen LogP contribution in [0.25, 0.3) is 0 Å². The third-order valence-corrected chi connectivity index (χ3v) is 3.24.